The van der Waals surface area contributed by atoms with Gasteiger partial charge in [-0.15, -0.1) is 0 Å². The Balaban J connectivity index is 2.32. The van der Waals surface area contributed by atoms with Crippen molar-refractivity contribution in [3.63, 3.8) is 0 Å². The molecule has 0 aliphatic rings. The van der Waals surface area contributed by atoms with E-state index in [0.717, 1.165) is 9.79 Å². The second-order valence-corrected chi connectivity index (χ2v) is 5.82. The summed E-state index contributed by atoms with van der Waals surface area (Å²) in [5.41, 5.74) is 8.11. The van der Waals surface area contributed by atoms with Crippen LogP contribution in [0.2, 0.25) is 0 Å². The Morgan fingerprint density at radius 3 is 2.65 bits per heavy atom. The zero-order chi connectivity index (χ0) is 16.8. The number of nitro groups is 1. The zero-order valence-corrected chi connectivity index (χ0v) is 13.2. The Hall–Kier alpha value is -2.52. The van der Waals surface area contributed by atoms with Gasteiger partial charge in [-0.1, -0.05) is 11.8 Å². The van der Waals surface area contributed by atoms with Gasteiger partial charge in [-0.25, -0.2) is 4.39 Å². The summed E-state index contributed by atoms with van der Waals surface area (Å²) in [5.74, 6) is -0.333. The summed E-state index contributed by atoms with van der Waals surface area (Å²) in [7, 11) is 0. The third-order valence-electron chi connectivity index (χ3n) is 2.62. The van der Waals surface area contributed by atoms with E-state index in [0.29, 0.717) is 5.56 Å². The van der Waals surface area contributed by atoms with Gasteiger partial charge in [-0.3, -0.25) is 15.5 Å². The lowest BCUT2D eigenvalue weighted by Gasteiger charge is -2.06. The number of benzene rings is 2. The molecule has 2 aromatic rings. The van der Waals surface area contributed by atoms with Crippen molar-refractivity contribution in [2.24, 2.45) is 10.8 Å². The quantitative estimate of drug-likeness (QED) is 0.373. The number of nitrogens with one attached hydrogen (secondary N) is 1. The molecule has 0 atom stereocenters. The van der Waals surface area contributed by atoms with Gasteiger partial charge < -0.3 is 5.73 Å². The predicted molar refractivity (Wildman–Crippen MR) is 91.1 cm³/mol. The van der Waals surface area contributed by atoms with Crippen LogP contribution >= 0.6 is 24.0 Å². The molecule has 0 radical (unpaired) electrons. The summed E-state index contributed by atoms with van der Waals surface area (Å²) in [5, 5.41) is 14.7. The van der Waals surface area contributed by atoms with E-state index in [-0.39, 0.29) is 16.6 Å². The number of nitrogens with zero attached hydrogens (tertiary/aromatic N) is 2. The van der Waals surface area contributed by atoms with Gasteiger partial charge in [0.2, 0.25) is 0 Å². The van der Waals surface area contributed by atoms with Gasteiger partial charge in [0, 0.05) is 27.5 Å². The molecule has 3 N–H and O–H groups in total. The molecule has 0 aliphatic carbocycles. The van der Waals surface area contributed by atoms with Crippen molar-refractivity contribution >= 4 is 41.0 Å². The van der Waals surface area contributed by atoms with Gasteiger partial charge in [0.1, 0.15) is 5.82 Å². The lowest BCUT2D eigenvalue weighted by atomic mass is 10.2. The van der Waals surface area contributed by atoms with Gasteiger partial charge in [-0.2, -0.15) is 5.10 Å². The van der Waals surface area contributed by atoms with E-state index in [2.05, 4.69) is 22.7 Å². The van der Waals surface area contributed by atoms with Crippen LogP contribution < -0.4 is 11.2 Å². The van der Waals surface area contributed by atoms with Crippen molar-refractivity contribution in [1.82, 2.24) is 5.43 Å². The number of rotatable bonds is 5. The van der Waals surface area contributed by atoms with Crippen LogP contribution in [-0.2, 0) is 0 Å². The minimum Gasteiger partial charge on any atom is -0.375 e. The van der Waals surface area contributed by atoms with Crippen LogP contribution in [0, 0.1) is 15.9 Å². The molecule has 23 heavy (non-hydrogen) atoms. The van der Waals surface area contributed by atoms with Crippen molar-refractivity contribution in [3.05, 3.63) is 64.0 Å². The fraction of sp³-hybridized carbons (Fsp3) is 0. The molecule has 6 nitrogen and oxygen atoms in total. The maximum atomic E-state index is 13.0. The summed E-state index contributed by atoms with van der Waals surface area (Å²) >= 11 is 5.96. The van der Waals surface area contributed by atoms with Crippen LogP contribution in [0.25, 0.3) is 0 Å². The number of hydrazone groups is 1. The summed E-state index contributed by atoms with van der Waals surface area (Å²) in [6, 6.07) is 10.3. The van der Waals surface area contributed by atoms with Gasteiger partial charge in [0.25, 0.3) is 5.69 Å². The Morgan fingerprint density at radius 1 is 1.35 bits per heavy atom. The molecule has 0 fully saturated rings. The Kier molecular flexibility index (Phi) is 5.61. The lowest BCUT2D eigenvalue weighted by Crippen LogP contribution is -2.24. The molecular weight excluding hydrogens is 339 g/mol. The average molecular weight is 350 g/mol. The molecule has 0 bridgehead atoms. The van der Waals surface area contributed by atoms with E-state index in [9.17, 15) is 14.5 Å². The summed E-state index contributed by atoms with van der Waals surface area (Å²) in [6.45, 7) is 0. The highest BCUT2D eigenvalue weighted by molar-refractivity contribution is 7.99. The standard InChI is InChI=1S/C14H11FN4O2S2/c15-10-1-4-12(5-2-10)23-13-6-3-11(19(20)21)7-9(13)8-17-18-14(16)22/h1-8H,(H3,16,18,22). The third kappa shape index (κ3) is 5.01. The first kappa shape index (κ1) is 16.8. The van der Waals surface area contributed by atoms with Gasteiger partial charge in [-0.05, 0) is 42.5 Å². The van der Waals surface area contributed by atoms with Crippen molar-refractivity contribution in [2.45, 2.75) is 9.79 Å². The molecule has 2 aromatic carbocycles. The number of hydrogen-bond donors (Lipinski definition) is 2. The zero-order valence-electron chi connectivity index (χ0n) is 11.6. The molecule has 0 heterocycles. The Labute approximate surface area is 140 Å². The van der Waals surface area contributed by atoms with Crippen molar-refractivity contribution in [2.75, 3.05) is 0 Å². The van der Waals surface area contributed by atoms with Gasteiger partial charge >= 0.3 is 0 Å². The molecule has 0 saturated heterocycles. The molecule has 0 spiro atoms. The highest BCUT2D eigenvalue weighted by Crippen LogP contribution is 2.31. The molecule has 9 heteroatoms. The minimum absolute atomic E-state index is 0.0144. The number of thiocarbonyl (C=S) groups is 1. The minimum atomic E-state index is -0.495. The second-order valence-electron chi connectivity index (χ2n) is 4.27. The molecule has 2 rings (SSSR count). The number of halogens is 1. The molecular formula is C14H11FN4O2S2. The van der Waals surface area contributed by atoms with Crippen molar-refractivity contribution in [3.8, 4) is 0 Å². The molecule has 118 valence electrons. The number of non-ortho nitro benzene ring substituents is 1. The van der Waals surface area contributed by atoms with Crippen LogP contribution in [0.15, 0.2) is 57.4 Å². The van der Waals surface area contributed by atoms with Gasteiger partial charge in [0.05, 0.1) is 11.1 Å². The lowest BCUT2D eigenvalue weighted by molar-refractivity contribution is -0.384. The summed E-state index contributed by atoms with van der Waals surface area (Å²) in [4.78, 5) is 11.9. The summed E-state index contributed by atoms with van der Waals surface area (Å²) in [6.07, 6.45) is 1.39. The second kappa shape index (κ2) is 7.65. The van der Waals surface area contributed by atoms with Crippen LogP contribution in [-0.4, -0.2) is 16.3 Å². The van der Waals surface area contributed by atoms with E-state index in [1.54, 1.807) is 18.2 Å². The van der Waals surface area contributed by atoms with Gasteiger partial charge in [0.15, 0.2) is 5.11 Å². The van der Waals surface area contributed by atoms with Crippen LogP contribution in [0.4, 0.5) is 10.1 Å². The first-order valence-electron chi connectivity index (χ1n) is 6.26. The highest BCUT2D eigenvalue weighted by atomic mass is 32.2. The molecule has 0 aromatic heterocycles. The van der Waals surface area contributed by atoms with Crippen molar-refractivity contribution < 1.29 is 9.31 Å². The largest absolute Gasteiger partial charge is 0.375 e. The predicted octanol–water partition coefficient (Wildman–Crippen LogP) is 3.05. The Morgan fingerprint density at radius 2 is 2.04 bits per heavy atom. The first-order valence-corrected chi connectivity index (χ1v) is 7.48. The van der Waals surface area contributed by atoms with E-state index in [1.807, 2.05) is 0 Å². The maximum Gasteiger partial charge on any atom is 0.270 e. The fourth-order valence-electron chi connectivity index (χ4n) is 1.64. The number of hydrogen-bond acceptors (Lipinski definition) is 5. The Bertz CT molecular complexity index is 766. The third-order valence-corrected chi connectivity index (χ3v) is 3.81. The SMILES string of the molecule is NC(=S)NN=Cc1cc([N+](=O)[O-])ccc1Sc1ccc(F)cc1. The van der Waals surface area contributed by atoms with Crippen LogP contribution in [0.3, 0.4) is 0 Å². The van der Waals surface area contributed by atoms with Crippen LogP contribution in [0.5, 0.6) is 0 Å². The van der Waals surface area contributed by atoms with E-state index in [1.165, 1.54) is 42.2 Å². The first-order chi connectivity index (χ1) is 11.0. The smallest absolute Gasteiger partial charge is 0.270 e. The topological polar surface area (TPSA) is 93.5 Å². The fourth-order valence-corrected chi connectivity index (χ4v) is 2.58. The highest BCUT2D eigenvalue weighted by Gasteiger charge is 2.11. The number of nitro benzene ring substituents is 1. The molecule has 0 unspecified atom stereocenters. The van der Waals surface area contributed by atoms with Crippen LogP contribution in [0.1, 0.15) is 5.56 Å². The molecule has 0 saturated carbocycles. The van der Waals surface area contributed by atoms with E-state index >= 15 is 0 Å². The monoisotopic (exact) mass is 350 g/mol. The van der Waals surface area contributed by atoms with E-state index < -0.39 is 4.92 Å². The number of nitrogens with two attached hydrogens (primary N) is 1. The normalized spacial score (nSPS) is 10.7. The molecule has 0 aliphatic heterocycles. The van der Waals surface area contributed by atoms with E-state index in [4.69, 9.17) is 5.73 Å². The maximum absolute atomic E-state index is 13.0. The molecule has 0 amide bonds. The average Bonchev–Trinajstić information content (AvgIpc) is 2.50. The summed E-state index contributed by atoms with van der Waals surface area (Å²) < 4.78 is 13.0. The van der Waals surface area contributed by atoms with Crippen molar-refractivity contribution in [1.29, 1.82) is 0 Å².